The summed E-state index contributed by atoms with van der Waals surface area (Å²) in [5.41, 5.74) is 2.67. The van der Waals surface area contributed by atoms with Crippen molar-refractivity contribution in [3.05, 3.63) is 65.7 Å². The molecule has 7 nitrogen and oxygen atoms in total. The van der Waals surface area contributed by atoms with Gasteiger partial charge in [0.25, 0.3) is 5.89 Å². The summed E-state index contributed by atoms with van der Waals surface area (Å²) in [6, 6.07) is 11.8. The molecule has 162 valence electrons. The van der Waals surface area contributed by atoms with Gasteiger partial charge in [-0.25, -0.2) is 0 Å². The number of aryl methyl sites for hydroxylation is 1. The van der Waals surface area contributed by atoms with Crippen molar-refractivity contribution in [2.24, 2.45) is 0 Å². The van der Waals surface area contributed by atoms with E-state index >= 15 is 0 Å². The second-order valence-corrected chi connectivity index (χ2v) is 8.26. The first kappa shape index (κ1) is 21.2. The van der Waals surface area contributed by atoms with Crippen molar-refractivity contribution in [1.82, 2.24) is 20.0 Å². The highest BCUT2D eigenvalue weighted by Crippen LogP contribution is 2.37. The van der Waals surface area contributed by atoms with Gasteiger partial charge in [-0.15, -0.1) is 0 Å². The van der Waals surface area contributed by atoms with Crippen molar-refractivity contribution in [3.63, 3.8) is 0 Å². The van der Waals surface area contributed by atoms with Gasteiger partial charge in [0, 0.05) is 44.8 Å². The molecule has 1 fully saturated rings. The van der Waals surface area contributed by atoms with Crippen molar-refractivity contribution < 1.29 is 14.1 Å². The van der Waals surface area contributed by atoms with E-state index in [4.69, 9.17) is 14.2 Å². The van der Waals surface area contributed by atoms with E-state index in [1.807, 2.05) is 48.2 Å². The van der Waals surface area contributed by atoms with Gasteiger partial charge < -0.3 is 14.2 Å². The number of likely N-dealkylation sites (tertiary alicyclic amines) is 1. The zero-order valence-corrected chi connectivity index (χ0v) is 18.1. The average Bonchev–Trinajstić information content (AvgIpc) is 3.31. The molecule has 1 aliphatic heterocycles. The Kier molecular flexibility index (Phi) is 6.42. The Bertz CT molecular complexity index is 1000. The minimum atomic E-state index is -0.383. The summed E-state index contributed by atoms with van der Waals surface area (Å²) in [7, 11) is 1.69. The first-order chi connectivity index (χ1) is 15.1. The molecule has 0 aliphatic carbocycles. The van der Waals surface area contributed by atoms with Crippen LogP contribution in [0.5, 0.6) is 0 Å². The molecule has 7 heteroatoms. The van der Waals surface area contributed by atoms with Gasteiger partial charge in [-0.1, -0.05) is 35.0 Å². The predicted molar refractivity (Wildman–Crippen MR) is 116 cm³/mol. The van der Waals surface area contributed by atoms with Crippen LogP contribution in [0.2, 0.25) is 0 Å². The monoisotopic (exact) mass is 420 g/mol. The number of hydrogen-bond acceptors (Lipinski definition) is 6. The number of pyridine rings is 1. The van der Waals surface area contributed by atoms with Crippen molar-refractivity contribution in [1.29, 1.82) is 0 Å². The lowest BCUT2D eigenvalue weighted by Crippen LogP contribution is -2.50. The summed E-state index contributed by atoms with van der Waals surface area (Å²) in [5, 5.41) is 4.33. The number of rotatable bonds is 7. The molecular weight excluding hydrogens is 392 g/mol. The molecule has 31 heavy (non-hydrogen) atoms. The molecule has 2 aromatic heterocycles. The summed E-state index contributed by atoms with van der Waals surface area (Å²) in [4.78, 5) is 23.8. The van der Waals surface area contributed by atoms with E-state index in [0.717, 1.165) is 36.9 Å². The molecule has 1 amide bonds. The van der Waals surface area contributed by atoms with Crippen LogP contribution in [0, 0.1) is 6.92 Å². The summed E-state index contributed by atoms with van der Waals surface area (Å²) in [6.07, 6.45) is 6.31. The van der Waals surface area contributed by atoms with Gasteiger partial charge in [0.05, 0.1) is 11.8 Å². The Morgan fingerprint density at radius 3 is 2.71 bits per heavy atom. The van der Waals surface area contributed by atoms with Crippen LogP contribution in [-0.2, 0) is 21.4 Å². The van der Waals surface area contributed by atoms with Crippen LogP contribution in [0.25, 0.3) is 11.5 Å². The predicted octanol–water partition coefficient (Wildman–Crippen LogP) is 3.58. The van der Waals surface area contributed by atoms with Gasteiger partial charge in [0.2, 0.25) is 5.91 Å². The summed E-state index contributed by atoms with van der Waals surface area (Å²) in [6.45, 7) is 3.93. The molecule has 3 heterocycles. The van der Waals surface area contributed by atoms with Crippen molar-refractivity contribution in [2.75, 3.05) is 26.8 Å². The third-order valence-corrected chi connectivity index (χ3v) is 6.02. The standard InChI is InChI=1S/C24H28N4O3/c1-18-4-6-19(7-5-18)16-21(29)28-14-3-10-24(17-28,11-15-30-2)23-26-22(31-27-23)20-8-12-25-13-9-20/h4-9,12-13H,3,10-11,14-17H2,1-2H3. The Hall–Kier alpha value is -3.06. The molecule has 0 radical (unpaired) electrons. The first-order valence-electron chi connectivity index (χ1n) is 10.7. The van der Waals surface area contributed by atoms with Crippen LogP contribution < -0.4 is 0 Å². The highest BCUT2D eigenvalue weighted by Gasteiger charge is 2.42. The van der Waals surface area contributed by atoms with Crippen LogP contribution in [-0.4, -0.2) is 52.7 Å². The lowest BCUT2D eigenvalue weighted by atomic mass is 9.76. The van der Waals surface area contributed by atoms with E-state index in [1.54, 1.807) is 19.5 Å². The van der Waals surface area contributed by atoms with E-state index < -0.39 is 0 Å². The molecule has 0 spiro atoms. The number of aromatic nitrogens is 3. The van der Waals surface area contributed by atoms with Crippen molar-refractivity contribution in [2.45, 2.75) is 38.0 Å². The minimum absolute atomic E-state index is 0.128. The Morgan fingerprint density at radius 1 is 1.19 bits per heavy atom. The first-order valence-corrected chi connectivity index (χ1v) is 10.7. The third-order valence-electron chi connectivity index (χ3n) is 6.02. The average molecular weight is 421 g/mol. The van der Waals surface area contributed by atoms with Gasteiger partial charge in [0.1, 0.15) is 0 Å². The number of carbonyl (C=O) groups is 1. The van der Waals surface area contributed by atoms with Crippen molar-refractivity contribution in [3.8, 4) is 11.5 Å². The molecule has 1 aromatic carbocycles. The van der Waals surface area contributed by atoms with Crippen LogP contribution in [0.3, 0.4) is 0 Å². The number of methoxy groups -OCH3 is 1. The van der Waals surface area contributed by atoms with E-state index in [1.165, 1.54) is 5.56 Å². The molecule has 3 aromatic rings. The molecule has 1 unspecified atom stereocenters. The molecule has 1 atom stereocenters. The van der Waals surface area contributed by atoms with Gasteiger partial charge >= 0.3 is 0 Å². The van der Waals surface area contributed by atoms with Gasteiger partial charge in [0.15, 0.2) is 5.82 Å². The number of piperidine rings is 1. The van der Waals surface area contributed by atoms with Gasteiger partial charge in [-0.05, 0) is 43.9 Å². The molecule has 1 aliphatic rings. The topological polar surface area (TPSA) is 81.3 Å². The van der Waals surface area contributed by atoms with Gasteiger partial charge in [-0.2, -0.15) is 4.98 Å². The number of hydrogen-bond donors (Lipinski definition) is 0. The number of benzene rings is 1. The summed E-state index contributed by atoms with van der Waals surface area (Å²) >= 11 is 0. The minimum Gasteiger partial charge on any atom is -0.385 e. The lowest BCUT2D eigenvalue weighted by molar-refractivity contribution is -0.133. The van der Waals surface area contributed by atoms with Crippen LogP contribution in [0.4, 0.5) is 0 Å². The number of nitrogens with zero attached hydrogens (tertiary/aromatic N) is 4. The number of carbonyl (C=O) groups excluding carboxylic acids is 1. The molecule has 0 bridgehead atoms. The quantitative estimate of drug-likeness (QED) is 0.581. The lowest BCUT2D eigenvalue weighted by Gasteiger charge is -2.41. The van der Waals surface area contributed by atoms with Gasteiger partial charge in [-0.3, -0.25) is 9.78 Å². The summed E-state index contributed by atoms with van der Waals surface area (Å²) in [5.74, 6) is 1.24. The Morgan fingerprint density at radius 2 is 1.97 bits per heavy atom. The maximum Gasteiger partial charge on any atom is 0.258 e. The smallest absolute Gasteiger partial charge is 0.258 e. The zero-order chi connectivity index (χ0) is 21.7. The second kappa shape index (κ2) is 9.39. The fraction of sp³-hybridized carbons (Fsp3) is 0.417. The molecule has 0 saturated carbocycles. The normalized spacial score (nSPS) is 18.8. The SMILES string of the molecule is COCCC1(c2noc(-c3ccncc3)n2)CCCN(C(=O)Cc2ccc(C)cc2)C1. The third kappa shape index (κ3) is 4.82. The fourth-order valence-electron chi connectivity index (χ4n) is 4.18. The zero-order valence-electron chi connectivity index (χ0n) is 18.1. The van der Waals surface area contributed by atoms with E-state index in [0.29, 0.717) is 31.3 Å². The molecule has 4 rings (SSSR count). The van der Waals surface area contributed by atoms with Crippen LogP contribution in [0.15, 0.2) is 53.3 Å². The van der Waals surface area contributed by atoms with Crippen LogP contribution >= 0.6 is 0 Å². The number of ether oxygens (including phenoxy) is 1. The summed E-state index contributed by atoms with van der Waals surface area (Å²) < 4.78 is 11.0. The maximum absolute atomic E-state index is 13.1. The van der Waals surface area contributed by atoms with E-state index in [-0.39, 0.29) is 11.3 Å². The largest absolute Gasteiger partial charge is 0.385 e. The van der Waals surface area contributed by atoms with Crippen molar-refractivity contribution >= 4 is 5.91 Å². The molecule has 0 N–H and O–H groups in total. The Labute approximate surface area is 182 Å². The maximum atomic E-state index is 13.1. The van der Waals surface area contributed by atoms with E-state index in [2.05, 4.69) is 10.1 Å². The second-order valence-electron chi connectivity index (χ2n) is 8.26. The fourth-order valence-corrected chi connectivity index (χ4v) is 4.18. The molecular formula is C24H28N4O3. The Balaban J connectivity index is 1.55. The highest BCUT2D eigenvalue weighted by atomic mass is 16.5. The highest BCUT2D eigenvalue weighted by molar-refractivity contribution is 5.79. The molecule has 1 saturated heterocycles. The van der Waals surface area contributed by atoms with E-state index in [9.17, 15) is 4.79 Å². The van der Waals surface area contributed by atoms with Crippen LogP contribution in [0.1, 0.15) is 36.2 Å². The number of amides is 1.